The maximum absolute atomic E-state index is 12.6. The molecule has 2 aromatic rings. The van der Waals surface area contributed by atoms with E-state index in [0.717, 1.165) is 10.9 Å². The van der Waals surface area contributed by atoms with Crippen LogP contribution in [0.5, 0.6) is 0 Å². The summed E-state index contributed by atoms with van der Waals surface area (Å²) in [4.78, 5) is 24.4. The van der Waals surface area contributed by atoms with Gasteiger partial charge >= 0.3 is 5.97 Å². The van der Waals surface area contributed by atoms with Gasteiger partial charge in [0.25, 0.3) is 5.91 Å². The lowest BCUT2D eigenvalue weighted by Crippen LogP contribution is -2.45. The molecule has 2 rings (SSSR count). The molecule has 0 saturated carbocycles. The minimum atomic E-state index is -0.716. The number of carbonyl (C=O) groups excluding carboxylic acids is 2. The maximum Gasteiger partial charge on any atom is 0.328 e. The molecule has 0 radical (unpaired) electrons. The number of fused-ring (bicyclic) bond motifs is 1. The molecule has 0 aliphatic rings. The van der Waals surface area contributed by atoms with E-state index in [2.05, 4.69) is 5.32 Å². The smallest absolute Gasteiger partial charge is 0.328 e. The summed E-state index contributed by atoms with van der Waals surface area (Å²) < 4.78 is 6.46. The number of hydrogen-bond donors (Lipinski definition) is 1. The molecule has 5 nitrogen and oxygen atoms in total. The molecule has 6 heteroatoms. The van der Waals surface area contributed by atoms with Gasteiger partial charge in [0, 0.05) is 18.0 Å². The average molecular weight is 323 g/mol. The number of aryl methyl sites for hydroxylation is 1. The molecule has 0 aliphatic heterocycles. The molecule has 0 bridgehead atoms. The van der Waals surface area contributed by atoms with Gasteiger partial charge in [-0.25, -0.2) is 4.79 Å². The number of esters is 1. The molecule has 1 atom stereocenters. The molecule has 118 valence electrons. The highest BCUT2D eigenvalue weighted by molar-refractivity contribution is 6.38. The largest absolute Gasteiger partial charge is 0.467 e. The van der Waals surface area contributed by atoms with Crippen LogP contribution in [0.15, 0.2) is 24.3 Å². The summed E-state index contributed by atoms with van der Waals surface area (Å²) in [5, 5.41) is 3.89. The Morgan fingerprint density at radius 3 is 2.45 bits per heavy atom. The highest BCUT2D eigenvalue weighted by atomic mass is 35.5. The first-order valence-electron chi connectivity index (χ1n) is 7.00. The van der Waals surface area contributed by atoms with Gasteiger partial charge in [-0.2, -0.15) is 0 Å². The first-order valence-corrected chi connectivity index (χ1v) is 7.37. The summed E-state index contributed by atoms with van der Waals surface area (Å²) in [7, 11) is 3.07. The van der Waals surface area contributed by atoms with E-state index >= 15 is 0 Å². The molecule has 1 N–H and O–H groups in total. The second-order valence-corrected chi connectivity index (χ2v) is 5.84. The van der Waals surface area contributed by atoms with E-state index < -0.39 is 17.9 Å². The van der Waals surface area contributed by atoms with Crippen LogP contribution in [0.2, 0.25) is 5.02 Å². The van der Waals surface area contributed by atoms with E-state index in [0.29, 0.717) is 10.7 Å². The molecular formula is C16H19ClN2O3. The predicted octanol–water partition coefficient (Wildman–Crippen LogP) is 2.76. The van der Waals surface area contributed by atoms with Crippen molar-refractivity contribution in [1.82, 2.24) is 9.88 Å². The Kier molecular flexibility index (Phi) is 4.76. The van der Waals surface area contributed by atoms with E-state index in [9.17, 15) is 9.59 Å². The molecule has 0 saturated heterocycles. The number of carbonyl (C=O) groups is 2. The van der Waals surface area contributed by atoms with Crippen LogP contribution in [0, 0.1) is 5.92 Å². The Balaban J connectivity index is 2.39. The number of halogens is 1. The summed E-state index contributed by atoms with van der Waals surface area (Å²) in [5.41, 5.74) is 1.19. The third-order valence-electron chi connectivity index (χ3n) is 3.67. The highest BCUT2D eigenvalue weighted by Crippen LogP contribution is 2.29. The molecule has 1 aromatic carbocycles. The molecule has 1 amide bonds. The quantitative estimate of drug-likeness (QED) is 0.880. The first-order chi connectivity index (χ1) is 10.4. The number of ether oxygens (including phenoxy) is 1. The van der Waals surface area contributed by atoms with Crippen LogP contribution in [0.4, 0.5) is 0 Å². The van der Waals surface area contributed by atoms with Crippen molar-refractivity contribution in [2.45, 2.75) is 19.9 Å². The Hall–Kier alpha value is -2.01. The van der Waals surface area contributed by atoms with E-state index in [1.807, 2.05) is 38.1 Å². The number of rotatable bonds is 4. The molecule has 1 heterocycles. The Labute approximate surface area is 134 Å². The molecule has 0 fully saturated rings. The van der Waals surface area contributed by atoms with Crippen molar-refractivity contribution in [3.8, 4) is 0 Å². The lowest BCUT2D eigenvalue weighted by molar-refractivity contribution is -0.144. The number of benzene rings is 1. The van der Waals surface area contributed by atoms with Crippen LogP contribution in [0.1, 0.15) is 24.3 Å². The average Bonchev–Trinajstić information content (AvgIpc) is 2.76. The van der Waals surface area contributed by atoms with Crippen molar-refractivity contribution in [2.24, 2.45) is 13.0 Å². The van der Waals surface area contributed by atoms with E-state index in [-0.39, 0.29) is 5.92 Å². The van der Waals surface area contributed by atoms with Gasteiger partial charge in [0.15, 0.2) is 0 Å². The monoisotopic (exact) mass is 322 g/mol. The van der Waals surface area contributed by atoms with Crippen LogP contribution >= 0.6 is 11.6 Å². The molecule has 22 heavy (non-hydrogen) atoms. The van der Waals surface area contributed by atoms with E-state index in [1.54, 1.807) is 11.6 Å². The zero-order valence-electron chi connectivity index (χ0n) is 13.0. The number of aromatic nitrogens is 1. The van der Waals surface area contributed by atoms with Crippen LogP contribution in [-0.2, 0) is 16.6 Å². The fourth-order valence-corrected chi connectivity index (χ4v) is 2.81. The summed E-state index contributed by atoms with van der Waals surface area (Å²) in [6, 6.07) is 6.77. The van der Waals surface area contributed by atoms with Gasteiger partial charge in [-0.1, -0.05) is 43.6 Å². The molecular weight excluding hydrogens is 304 g/mol. The lowest BCUT2D eigenvalue weighted by atomic mass is 10.0. The second kappa shape index (κ2) is 6.40. The SMILES string of the molecule is COC(=O)C(NC(=O)c1c(Cl)c2ccccc2n1C)C(C)C. The third kappa shape index (κ3) is 2.81. The normalized spacial score (nSPS) is 12.5. The summed E-state index contributed by atoms with van der Waals surface area (Å²) in [5.74, 6) is -0.962. The topological polar surface area (TPSA) is 60.3 Å². The van der Waals surface area contributed by atoms with Crippen LogP contribution < -0.4 is 5.32 Å². The number of para-hydroxylation sites is 1. The third-order valence-corrected chi connectivity index (χ3v) is 4.05. The second-order valence-electron chi connectivity index (χ2n) is 5.46. The van der Waals surface area contributed by atoms with Gasteiger partial charge in [-0.15, -0.1) is 0 Å². The molecule has 0 aliphatic carbocycles. The molecule has 0 spiro atoms. The minimum absolute atomic E-state index is 0.0927. The predicted molar refractivity (Wildman–Crippen MR) is 86.0 cm³/mol. The molecule has 1 unspecified atom stereocenters. The van der Waals surface area contributed by atoms with Crippen molar-refractivity contribution in [3.05, 3.63) is 35.0 Å². The fraction of sp³-hybridized carbons (Fsp3) is 0.375. The van der Waals surface area contributed by atoms with Gasteiger partial charge in [-0.05, 0) is 12.0 Å². The van der Waals surface area contributed by atoms with Crippen LogP contribution in [-0.4, -0.2) is 29.6 Å². The Bertz CT molecular complexity index is 682. The summed E-state index contributed by atoms with van der Waals surface area (Å²) in [6.07, 6.45) is 0. The van der Waals surface area contributed by atoms with Crippen LogP contribution in [0.25, 0.3) is 10.9 Å². The van der Waals surface area contributed by atoms with Gasteiger partial charge < -0.3 is 14.6 Å². The first kappa shape index (κ1) is 16.4. The van der Waals surface area contributed by atoms with Crippen molar-refractivity contribution in [2.75, 3.05) is 7.11 Å². The zero-order valence-corrected chi connectivity index (χ0v) is 13.8. The van der Waals surface area contributed by atoms with Crippen molar-refractivity contribution in [1.29, 1.82) is 0 Å². The van der Waals surface area contributed by atoms with Crippen molar-refractivity contribution >= 4 is 34.4 Å². The fourth-order valence-electron chi connectivity index (χ4n) is 2.43. The van der Waals surface area contributed by atoms with Gasteiger partial charge in [0.1, 0.15) is 11.7 Å². The summed E-state index contributed by atoms with van der Waals surface area (Å²) >= 11 is 6.34. The Morgan fingerprint density at radius 1 is 1.27 bits per heavy atom. The van der Waals surface area contributed by atoms with Crippen LogP contribution in [0.3, 0.4) is 0 Å². The number of hydrogen-bond acceptors (Lipinski definition) is 3. The van der Waals surface area contributed by atoms with Gasteiger partial charge in [-0.3, -0.25) is 4.79 Å². The lowest BCUT2D eigenvalue weighted by Gasteiger charge is -2.20. The summed E-state index contributed by atoms with van der Waals surface area (Å²) in [6.45, 7) is 3.68. The standard InChI is InChI=1S/C16H19ClN2O3/c1-9(2)13(16(21)22-4)18-15(20)14-12(17)10-7-5-6-8-11(10)19(14)3/h5-9,13H,1-4H3,(H,18,20). The molecule has 1 aromatic heterocycles. The van der Waals surface area contributed by atoms with E-state index in [1.165, 1.54) is 7.11 Å². The van der Waals surface area contributed by atoms with Crippen molar-refractivity contribution < 1.29 is 14.3 Å². The number of nitrogens with zero attached hydrogens (tertiary/aromatic N) is 1. The Morgan fingerprint density at radius 2 is 1.91 bits per heavy atom. The van der Waals surface area contributed by atoms with Gasteiger partial charge in [0.05, 0.1) is 12.1 Å². The number of amides is 1. The number of methoxy groups -OCH3 is 1. The highest BCUT2D eigenvalue weighted by Gasteiger charge is 2.28. The maximum atomic E-state index is 12.6. The van der Waals surface area contributed by atoms with Gasteiger partial charge in [0.2, 0.25) is 0 Å². The van der Waals surface area contributed by atoms with Crippen molar-refractivity contribution in [3.63, 3.8) is 0 Å². The number of nitrogens with one attached hydrogen (secondary N) is 1. The van der Waals surface area contributed by atoms with E-state index in [4.69, 9.17) is 16.3 Å². The minimum Gasteiger partial charge on any atom is -0.467 e. The zero-order chi connectivity index (χ0) is 16.4.